The van der Waals surface area contributed by atoms with Crippen LogP contribution < -0.4 is 5.73 Å². The highest BCUT2D eigenvalue weighted by Gasteiger charge is 2.25. The average Bonchev–Trinajstić information content (AvgIpc) is 2.26. The minimum absolute atomic E-state index is 0.527. The quantitative estimate of drug-likeness (QED) is 0.698. The van der Waals surface area contributed by atoms with E-state index in [0.717, 1.165) is 26.3 Å². The number of thioether (sulfide) groups is 1. The molecule has 0 spiro atoms. The fourth-order valence-corrected chi connectivity index (χ4v) is 2.79. The molecule has 0 aromatic carbocycles. The first kappa shape index (κ1) is 13.3. The summed E-state index contributed by atoms with van der Waals surface area (Å²) < 4.78 is 5.44. The highest BCUT2D eigenvalue weighted by Crippen LogP contribution is 2.15. The zero-order valence-electron chi connectivity index (χ0n) is 9.95. The maximum Gasteiger partial charge on any atom is 0.0619 e. The van der Waals surface area contributed by atoms with Gasteiger partial charge in [0.2, 0.25) is 0 Å². The molecule has 0 amide bonds. The summed E-state index contributed by atoms with van der Waals surface area (Å²) >= 11 is 2.00. The number of nitrogens with two attached hydrogens (primary N) is 1. The van der Waals surface area contributed by atoms with Gasteiger partial charge in [-0.3, -0.25) is 4.90 Å². The van der Waals surface area contributed by atoms with Crippen molar-refractivity contribution in [1.82, 2.24) is 4.90 Å². The Hall–Kier alpha value is 0.230. The van der Waals surface area contributed by atoms with Crippen LogP contribution in [-0.4, -0.2) is 54.8 Å². The van der Waals surface area contributed by atoms with Gasteiger partial charge in [0.05, 0.1) is 13.2 Å². The Morgan fingerprint density at radius 2 is 2.40 bits per heavy atom. The number of nitrogens with zero attached hydrogens (tertiary/aromatic N) is 1. The molecule has 1 fully saturated rings. The second kappa shape index (κ2) is 7.49. The van der Waals surface area contributed by atoms with Crippen LogP contribution in [0.5, 0.6) is 0 Å². The van der Waals surface area contributed by atoms with Crippen LogP contribution in [0, 0.1) is 0 Å². The largest absolute Gasteiger partial charge is 0.379 e. The fraction of sp³-hybridized carbons (Fsp3) is 1.00. The van der Waals surface area contributed by atoms with Gasteiger partial charge in [-0.25, -0.2) is 0 Å². The molecule has 15 heavy (non-hydrogen) atoms. The third kappa shape index (κ3) is 4.31. The van der Waals surface area contributed by atoms with E-state index in [4.69, 9.17) is 10.5 Å². The van der Waals surface area contributed by atoms with E-state index in [2.05, 4.69) is 18.7 Å². The van der Waals surface area contributed by atoms with Crippen molar-refractivity contribution in [2.75, 3.05) is 37.8 Å². The van der Waals surface area contributed by atoms with E-state index < -0.39 is 0 Å². The Labute approximate surface area is 97.7 Å². The van der Waals surface area contributed by atoms with Crippen molar-refractivity contribution in [2.24, 2.45) is 5.73 Å². The van der Waals surface area contributed by atoms with Crippen molar-refractivity contribution in [3.8, 4) is 0 Å². The van der Waals surface area contributed by atoms with Crippen molar-refractivity contribution in [3.63, 3.8) is 0 Å². The van der Waals surface area contributed by atoms with Crippen molar-refractivity contribution in [3.05, 3.63) is 0 Å². The summed E-state index contributed by atoms with van der Waals surface area (Å²) in [7, 11) is 0. The minimum atomic E-state index is 0.527. The van der Waals surface area contributed by atoms with Gasteiger partial charge >= 0.3 is 0 Å². The molecular weight excluding hydrogens is 208 g/mol. The summed E-state index contributed by atoms with van der Waals surface area (Å²) in [6.45, 7) is 7.97. The molecule has 1 saturated heterocycles. The van der Waals surface area contributed by atoms with Crippen LogP contribution in [0.2, 0.25) is 0 Å². The van der Waals surface area contributed by atoms with E-state index in [-0.39, 0.29) is 0 Å². The lowest BCUT2D eigenvalue weighted by atomic mass is 10.1. The second-order valence-electron chi connectivity index (χ2n) is 4.04. The topological polar surface area (TPSA) is 38.5 Å². The maximum atomic E-state index is 5.86. The maximum absolute atomic E-state index is 5.86. The molecule has 2 unspecified atom stereocenters. The molecule has 0 aliphatic carbocycles. The minimum Gasteiger partial charge on any atom is -0.379 e. The lowest BCUT2D eigenvalue weighted by Crippen LogP contribution is -2.52. The molecule has 0 aromatic rings. The van der Waals surface area contributed by atoms with Gasteiger partial charge in [0, 0.05) is 25.2 Å². The zero-order chi connectivity index (χ0) is 11.1. The van der Waals surface area contributed by atoms with Crippen LogP contribution >= 0.6 is 11.8 Å². The number of rotatable bonds is 6. The molecule has 0 saturated carbocycles. The van der Waals surface area contributed by atoms with Crippen LogP contribution in [0.1, 0.15) is 20.3 Å². The molecule has 90 valence electrons. The highest BCUT2D eigenvalue weighted by atomic mass is 32.2. The molecule has 1 rings (SSSR count). The first-order valence-electron chi connectivity index (χ1n) is 5.90. The zero-order valence-corrected chi connectivity index (χ0v) is 10.8. The fourth-order valence-electron chi connectivity index (χ4n) is 2.07. The van der Waals surface area contributed by atoms with Gasteiger partial charge in [-0.2, -0.15) is 11.8 Å². The van der Waals surface area contributed by atoms with Crippen LogP contribution in [0.3, 0.4) is 0 Å². The average molecular weight is 232 g/mol. The Balaban J connectivity index is 2.34. The lowest BCUT2D eigenvalue weighted by Gasteiger charge is -2.39. The molecule has 1 heterocycles. The SMILES string of the molecule is CCSCCC(CN)N1CCOCC1C. The van der Waals surface area contributed by atoms with E-state index in [1.807, 2.05) is 11.8 Å². The van der Waals surface area contributed by atoms with Crippen LogP contribution in [0.15, 0.2) is 0 Å². The van der Waals surface area contributed by atoms with Crippen LogP contribution in [0.4, 0.5) is 0 Å². The summed E-state index contributed by atoms with van der Waals surface area (Å²) in [6.07, 6.45) is 1.21. The summed E-state index contributed by atoms with van der Waals surface area (Å²) in [5.41, 5.74) is 5.86. The third-order valence-corrected chi connectivity index (χ3v) is 3.89. The number of morpholine rings is 1. The van der Waals surface area contributed by atoms with E-state index in [1.54, 1.807) is 0 Å². The molecule has 0 aromatic heterocycles. The van der Waals surface area contributed by atoms with Crippen molar-refractivity contribution < 1.29 is 4.74 Å². The monoisotopic (exact) mass is 232 g/mol. The standard InChI is InChI=1S/C11H24N2OS/c1-3-15-7-4-11(8-12)13-5-6-14-9-10(13)2/h10-11H,3-9,12H2,1-2H3. The summed E-state index contributed by atoms with van der Waals surface area (Å²) in [4.78, 5) is 2.51. The third-order valence-electron chi connectivity index (χ3n) is 2.96. The van der Waals surface area contributed by atoms with E-state index in [1.165, 1.54) is 17.9 Å². The Kier molecular flexibility index (Phi) is 6.64. The number of hydrogen-bond acceptors (Lipinski definition) is 4. The molecular formula is C11H24N2OS. The van der Waals surface area contributed by atoms with Crippen LogP contribution in [-0.2, 0) is 4.74 Å². The summed E-state index contributed by atoms with van der Waals surface area (Å²) in [6, 6.07) is 1.07. The van der Waals surface area contributed by atoms with Crippen molar-refractivity contribution in [2.45, 2.75) is 32.4 Å². The molecule has 1 aliphatic heterocycles. The van der Waals surface area contributed by atoms with Crippen molar-refractivity contribution in [1.29, 1.82) is 0 Å². The van der Waals surface area contributed by atoms with Gasteiger partial charge in [-0.05, 0) is 24.9 Å². The predicted octanol–water partition coefficient (Wildman–Crippen LogP) is 1.18. The van der Waals surface area contributed by atoms with Crippen molar-refractivity contribution >= 4 is 11.8 Å². The molecule has 1 aliphatic rings. The van der Waals surface area contributed by atoms with Gasteiger partial charge in [-0.1, -0.05) is 6.92 Å². The normalized spacial score (nSPS) is 25.4. The summed E-state index contributed by atoms with van der Waals surface area (Å²) in [5.74, 6) is 2.43. The molecule has 2 N–H and O–H groups in total. The number of ether oxygens (including phenoxy) is 1. The Bertz CT molecular complexity index is 169. The molecule has 0 bridgehead atoms. The van der Waals surface area contributed by atoms with E-state index in [0.29, 0.717) is 12.1 Å². The Morgan fingerprint density at radius 3 is 3.00 bits per heavy atom. The number of hydrogen-bond donors (Lipinski definition) is 1. The van der Waals surface area contributed by atoms with Gasteiger partial charge in [0.25, 0.3) is 0 Å². The highest BCUT2D eigenvalue weighted by molar-refractivity contribution is 7.99. The second-order valence-corrected chi connectivity index (χ2v) is 5.43. The smallest absolute Gasteiger partial charge is 0.0619 e. The molecule has 4 heteroatoms. The van der Waals surface area contributed by atoms with Gasteiger partial charge in [0.15, 0.2) is 0 Å². The first-order valence-corrected chi connectivity index (χ1v) is 7.06. The summed E-state index contributed by atoms with van der Waals surface area (Å²) in [5, 5.41) is 0. The first-order chi connectivity index (χ1) is 7.29. The van der Waals surface area contributed by atoms with E-state index in [9.17, 15) is 0 Å². The molecule has 2 atom stereocenters. The molecule has 3 nitrogen and oxygen atoms in total. The van der Waals surface area contributed by atoms with E-state index >= 15 is 0 Å². The lowest BCUT2D eigenvalue weighted by molar-refractivity contribution is -0.0206. The Morgan fingerprint density at radius 1 is 1.60 bits per heavy atom. The van der Waals surface area contributed by atoms with Gasteiger partial charge in [-0.15, -0.1) is 0 Å². The molecule has 0 radical (unpaired) electrons. The van der Waals surface area contributed by atoms with Crippen LogP contribution in [0.25, 0.3) is 0 Å². The van der Waals surface area contributed by atoms with Gasteiger partial charge < -0.3 is 10.5 Å². The van der Waals surface area contributed by atoms with Gasteiger partial charge in [0.1, 0.15) is 0 Å². The predicted molar refractivity (Wildman–Crippen MR) is 67.4 cm³/mol.